The van der Waals surface area contributed by atoms with Crippen LogP contribution in [0.3, 0.4) is 0 Å². The van der Waals surface area contributed by atoms with E-state index in [-0.39, 0.29) is 11.8 Å². The molecule has 0 bridgehead atoms. The normalized spacial score (nSPS) is 13.8. The van der Waals surface area contributed by atoms with Crippen LogP contribution in [0.2, 0.25) is 0 Å². The minimum atomic E-state index is -0.355. The van der Waals surface area contributed by atoms with Crippen molar-refractivity contribution in [1.82, 2.24) is 0 Å². The first-order valence-corrected chi connectivity index (χ1v) is 11.0. The molecule has 0 saturated heterocycles. The van der Waals surface area contributed by atoms with Crippen molar-refractivity contribution in [3.05, 3.63) is 113 Å². The Morgan fingerprint density at radius 2 is 1.45 bits per heavy atom. The largest absolute Gasteiger partial charge is 0.350 e. The minimum absolute atomic E-state index is 0.293. The van der Waals surface area contributed by atoms with E-state index in [0.29, 0.717) is 17.0 Å². The first-order chi connectivity index (χ1) is 15.9. The topological polar surface area (TPSA) is 49.4 Å². The molecule has 4 heteroatoms. The van der Waals surface area contributed by atoms with Crippen molar-refractivity contribution in [2.24, 2.45) is 0 Å². The number of benzene rings is 4. The van der Waals surface area contributed by atoms with Crippen LogP contribution in [0.5, 0.6) is 0 Å². The second kappa shape index (κ2) is 8.06. The molecule has 0 aromatic heterocycles. The molecule has 2 amide bonds. The summed E-state index contributed by atoms with van der Waals surface area (Å²) in [6, 6.07) is 27.2. The van der Waals surface area contributed by atoms with E-state index in [1.54, 1.807) is 6.07 Å². The number of hydrogen-bond acceptors (Lipinski definition) is 3. The summed E-state index contributed by atoms with van der Waals surface area (Å²) in [4.78, 5) is 28.7. The summed E-state index contributed by atoms with van der Waals surface area (Å²) in [7, 11) is 0. The predicted molar refractivity (Wildman–Crippen MR) is 134 cm³/mol. The minimum Gasteiger partial charge on any atom is -0.350 e. The molecule has 0 radical (unpaired) electrons. The SMILES string of the molecule is Cc1cccc(N2C(=O)C(Nc3cccc4ccccc34)=C(c3ccc(C)c(C)c3)C2=O)c1. The van der Waals surface area contributed by atoms with E-state index < -0.39 is 0 Å². The number of amides is 2. The fourth-order valence-corrected chi connectivity index (χ4v) is 4.28. The molecule has 0 saturated carbocycles. The molecular formula is C29H24N2O2. The molecule has 162 valence electrons. The van der Waals surface area contributed by atoms with E-state index in [0.717, 1.165) is 38.7 Å². The molecule has 1 aliphatic rings. The lowest BCUT2D eigenvalue weighted by atomic mass is 9.99. The molecular weight excluding hydrogens is 408 g/mol. The third-order valence-electron chi connectivity index (χ3n) is 6.19. The zero-order valence-electron chi connectivity index (χ0n) is 18.8. The van der Waals surface area contributed by atoms with Crippen molar-refractivity contribution in [2.45, 2.75) is 20.8 Å². The predicted octanol–water partition coefficient (Wildman–Crippen LogP) is 6.16. The van der Waals surface area contributed by atoms with Crippen molar-refractivity contribution < 1.29 is 9.59 Å². The summed E-state index contributed by atoms with van der Waals surface area (Å²) >= 11 is 0. The van der Waals surface area contributed by atoms with Gasteiger partial charge in [-0.05, 0) is 66.6 Å². The van der Waals surface area contributed by atoms with Crippen LogP contribution in [0.4, 0.5) is 11.4 Å². The lowest BCUT2D eigenvalue weighted by molar-refractivity contribution is -0.120. The van der Waals surface area contributed by atoms with Crippen LogP contribution in [-0.4, -0.2) is 11.8 Å². The van der Waals surface area contributed by atoms with Gasteiger partial charge in [0.15, 0.2) is 0 Å². The fourth-order valence-electron chi connectivity index (χ4n) is 4.28. The second-order valence-electron chi connectivity index (χ2n) is 8.49. The highest BCUT2D eigenvalue weighted by atomic mass is 16.2. The second-order valence-corrected chi connectivity index (χ2v) is 8.49. The quantitative estimate of drug-likeness (QED) is 0.393. The Morgan fingerprint density at radius 3 is 2.24 bits per heavy atom. The zero-order valence-corrected chi connectivity index (χ0v) is 18.8. The van der Waals surface area contributed by atoms with E-state index in [4.69, 9.17) is 0 Å². The molecule has 33 heavy (non-hydrogen) atoms. The van der Waals surface area contributed by atoms with E-state index in [1.807, 2.05) is 99.6 Å². The van der Waals surface area contributed by atoms with Crippen molar-refractivity contribution in [1.29, 1.82) is 0 Å². The molecule has 0 fully saturated rings. The Bertz CT molecular complexity index is 1460. The number of imide groups is 1. The Hall–Kier alpha value is -4.18. The van der Waals surface area contributed by atoms with Gasteiger partial charge in [-0.3, -0.25) is 9.59 Å². The summed E-state index contributed by atoms with van der Waals surface area (Å²) in [5.41, 5.74) is 5.95. The summed E-state index contributed by atoms with van der Waals surface area (Å²) < 4.78 is 0. The van der Waals surface area contributed by atoms with Crippen molar-refractivity contribution in [3.8, 4) is 0 Å². The van der Waals surface area contributed by atoms with Crippen LogP contribution in [0, 0.1) is 20.8 Å². The molecule has 0 atom stereocenters. The number of nitrogens with zero attached hydrogens (tertiary/aromatic N) is 1. The number of fused-ring (bicyclic) bond motifs is 1. The summed E-state index contributed by atoms with van der Waals surface area (Å²) in [6.45, 7) is 5.99. The van der Waals surface area contributed by atoms with Gasteiger partial charge in [-0.25, -0.2) is 4.90 Å². The van der Waals surface area contributed by atoms with Crippen LogP contribution in [0.1, 0.15) is 22.3 Å². The fraction of sp³-hybridized carbons (Fsp3) is 0.103. The van der Waals surface area contributed by atoms with Gasteiger partial charge < -0.3 is 5.32 Å². The van der Waals surface area contributed by atoms with Crippen molar-refractivity contribution in [3.63, 3.8) is 0 Å². The van der Waals surface area contributed by atoms with Crippen LogP contribution >= 0.6 is 0 Å². The number of aryl methyl sites for hydroxylation is 3. The monoisotopic (exact) mass is 432 g/mol. The summed E-state index contributed by atoms with van der Waals surface area (Å²) in [5.74, 6) is -0.677. The maximum atomic E-state index is 13.7. The van der Waals surface area contributed by atoms with Gasteiger partial charge in [0, 0.05) is 11.1 Å². The Balaban J connectivity index is 1.68. The average Bonchev–Trinajstić information content (AvgIpc) is 3.05. The Labute approximate surface area is 193 Å². The maximum absolute atomic E-state index is 13.7. The summed E-state index contributed by atoms with van der Waals surface area (Å²) in [5, 5.41) is 5.37. The van der Waals surface area contributed by atoms with Crippen LogP contribution in [-0.2, 0) is 9.59 Å². The molecule has 0 spiro atoms. The zero-order chi connectivity index (χ0) is 23.1. The van der Waals surface area contributed by atoms with E-state index >= 15 is 0 Å². The van der Waals surface area contributed by atoms with Crippen LogP contribution in [0.25, 0.3) is 16.3 Å². The van der Waals surface area contributed by atoms with Gasteiger partial charge in [-0.2, -0.15) is 0 Å². The Kier molecular flexibility index (Phi) is 5.06. The smallest absolute Gasteiger partial charge is 0.282 e. The molecule has 0 unspecified atom stereocenters. The number of anilines is 2. The highest BCUT2D eigenvalue weighted by Crippen LogP contribution is 2.36. The van der Waals surface area contributed by atoms with Gasteiger partial charge in [-0.1, -0.05) is 66.7 Å². The number of nitrogens with one attached hydrogen (secondary N) is 1. The molecule has 0 aliphatic carbocycles. The molecule has 4 aromatic carbocycles. The molecule has 5 rings (SSSR count). The molecule has 1 N–H and O–H groups in total. The molecule has 4 nitrogen and oxygen atoms in total. The van der Waals surface area contributed by atoms with Gasteiger partial charge >= 0.3 is 0 Å². The van der Waals surface area contributed by atoms with Crippen molar-refractivity contribution in [2.75, 3.05) is 10.2 Å². The molecule has 1 heterocycles. The Morgan fingerprint density at radius 1 is 0.697 bits per heavy atom. The first-order valence-electron chi connectivity index (χ1n) is 11.0. The summed E-state index contributed by atoms with van der Waals surface area (Å²) in [6.07, 6.45) is 0. The third-order valence-corrected chi connectivity index (χ3v) is 6.19. The van der Waals surface area contributed by atoms with E-state index in [9.17, 15) is 9.59 Å². The highest BCUT2D eigenvalue weighted by Gasteiger charge is 2.40. The number of hydrogen-bond donors (Lipinski definition) is 1. The van der Waals surface area contributed by atoms with Crippen LogP contribution in [0.15, 0.2) is 90.6 Å². The van der Waals surface area contributed by atoms with E-state index in [1.165, 1.54) is 4.90 Å². The highest BCUT2D eigenvalue weighted by molar-refractivity contribution is 6.46. The van der Waals surface area contributed by atoms with Gasteiger partial charge in [0.25, 0.3) is 11.8 Å². The standard InChI is InChI=1S/C29H24N2O2/c1-18-8-6-11-23(16-18)31-28(32)26(22-15-14-19(2)20(3)17-22)27(29(31)33)30-25-13-7-10-21-9-4-5-12-24(21)25/h4-17,30H,1-3H3. The molecule has 4 aromatic rings. The molecule has 1 aliphatic heterocycles. The number of carbonyl (C=O) groups excluding carboxylic acids is 2. The lowest BCUT2D eigenvalue weighted by Crippen LogP contribution is -2.32. The lowest BCUT2D eigenvalue weighted by Gasteiger charge is -2.16. The number of rotatable bonds is 4. The third kappa shape index (κ3) is 3.60. The van der Waals surface area contributed by atoms with Gasteiger partial charge in [0.1, 0.15) is 5.70 Å². The van der Waals surface area contributed by atoms with Gasteiger partial charge in [-0.15, -0.1) is 0 Å². The van der Waals surface area contributed by atoms with Gasteiger partial charge in [0.05, 0.1) is 11.3 Å². The van der Waals surface area contributed by atoms with Gasteiger partial charge in [0.2, 0.25) is 0 Å². The first kappa shape index (κ1) is 20.7. The number of carbonyl (C=O) groups is 2. The van der Waals surface area contributed by atoms with Crippen LogP contribution < -0.4 is 10.2 Å². The average molecular weight is 433 g/mol. The van der Waals surface area contributed by atoms with Crippen molar-refractivity contribution >= 4 is 39.5 Å². The maximum Gasteiger partial charge on any atom is 0.282 e. The van der Waals surface area contributed by atoms with E-state index in [2.05, 4.69) is 5.32 Å².